The maximum absolute atomic E-state index is 5.86. The molecular weight excluding hydrogens is 398 g/mol. The zero-order valence-corrected chi connectivity index (χ0v) is 16.5. The van der Waals surface area contributed by atoms with E-state index in [1.54, 1.807) is 0 Å². The summed E-state index contributed by atoms with van der Waals surface area (Å²) in [6.45, 7) is 4.88. The molecule has 0 radical (unpaired) electrons. The Morgan fingerprint density at radius 2 is 2.23 bits per heavy atom. The summed E-state index contributed by atoms with van der Waals surface area (Å²) < 4.78 is 14.6. The molecule has 1 unspecified atom stereocenters. The van der Waals surface area contributed by atoms with Gasteiger partial charge in [-0.15, -0.1) is 5.10 Å². The van der Waals surface area contributed by atoms with Gasteiger partial charge in [-0.05, 0) is 48.2 Å². The van der Waals surface area contributed by atoms with E-state index >= 15 is 0 Å². The summed E-state index contributed by atoms with van der Waals surface area (Å²) in [7, 11) is 0. The van der Waals surface area contributed by atoms with Gasteiger partial charge in [0.25, 0.3) is 0 Å². The normalized spacial score (nSPS) is 29.2. The topological polar surface area (TPSA) is 74.1 Å². The van der Waals surface area contributed by atoms with E-state index in [0.29, 0.717) is 13.2 Å². The van der Waals surface area contributed by atoms with Gasteiger partial charge in [0.1, 0.15) is 5.54 Å². The predicted molar refractivity (Wildman–Crippen MR) is 99.7 cm³/mol. The maximum Gasteiger partial charge on any atom is 0.174 e. The van der Waals surface area contributed by atoms with Gasteiger partial charge in [0.2, 0.25) is 0 Å². The van der Waals surface area contributed by atoms with Crippen molar-refractivity contribution >= 4 is 15.9 Å². The molecule has 140 valence electrons. The van der Waals surface area contributed by atoms with E-state index < -0.39 is 0 Å². The summed E-state index contributed by atoms with van der Waals surface area (Å²) in [5.41, 5.74) is 0.765. The van der Waals surface area contributed by atoms with Crippen molar-refractivity contribution in [3.63, 3.8) is 0 Å². The Hall–Kier alpha value is -1.35. The molecule has 3 atom stereocenters. The lowest BCUT2D eigenvalue weighted by atomic mass is 9.89. The molecule has 0 bridgehead atoms. The molecule has 1 aromatic heterocycles. The SMILES string of the molecule is C[C@@H]1OCC[C@@H]1NC1(c2nnnn2Cc2ccccc2Br)CCCOC1. The van der Waals surface area contributed by atoms with Crippen molar-refractivity contribution in [3.8, 4) is 0 Å². The van der Waals surface area contributed by atoms with Crippen molar-refractivity contribution in [3.05, 3.63) is 40.1 Å². The third kappa shape index (κ3) is 3.55. The lowest BCUT2D eigenvalue weighted by Crippen LogP contribution is -2.56. The highest BCUT2D eigenvalue weighted by molar-refractivity contribution is 9.10. The Bertz CT molecular complexity index is 747. The number of halogens is 1. The quantitative estimate of drug-likeness (QED) is 0.797. The second kappa shape index (κ2) is 7.72. The number of benzene rings is 1. The number of hydrogen-bond donors (Lipinski definition) is 1. The monoisotopic (exact) mass is 421 g/mol. The first-order chi connectivity index (χ1) is 12.7. The van der Waals surface area contributed by atoms with Crippen molar-refractivity contribution < 1.29 is 9.47 Å². The van der Waals surface area contributed by atoms with Crippen LogP contribution in [0.25, 0.3) is 0 Å². The Labute approximate surface area is 161 Å². The second-order valence-electron chi connectivity index (χ2n) is 7.11. The minimum absolute atomic E-state index is 0.182. The average Bonchev–Trinajstić information content (AvgIpc) is 3.27. The third-order valence-corrected chi connectivity index (χ3v) is 6.09. The van der Waals surface area contributed by atoms with E-state index in [4.69, 9.17) is 9.47 Å². The molecule has 26 heavy (non-hydrogen) atoms. The van der Waals surface area contributed by atoms with Crippen LogP contribution in [0.5, 0.6) is 0 Å². The van der Waals surface area contributed by atoms with Gasteiger partial charge < -0.3 is 9.47 Å². The van der Waals surface area contributed by atoms with Crippen molar-refractivity contribution in [1.29, 1.82) is 0 Å². The van der Waals surface area contributed by atoms with Gasteiger partial charge >= 0.3 is 0 Å². The van der Waals surface area contributed by atoms with Crippen LogP contribution >= 0.6 is 15.9 Å². The van der Waals surface area contributed by atoms with Crippen LogP contribution in [0.15, 0.2) is 28.7 Å². The van der Waals surface area contributed by atoms with Crippen LogP contribution in [-0.2, 0) is 21.6 Å². The molecule has 2 aliphatic heterocycles. The first-order valence-corrected chi connectivity index (χ1v) is 9.94. The van der Waals surface area contributed by atoms with E-state index in [-0.39, 0.29) is 17.7 Å². The van der Waals surface area contributed by atoms with E-state index in [2.05, 4.69) is 49.8 Å². The number of nitrogens with zero attached hydrogens (tertiary/aromatic N) is 4. The highest BCUT2D eigenvalue weighted by atomic mass is 79.9. The molecule has 2 aromatic rings. The van der Waals surface area contributed by atoms with Crippen LogP contribution in [-0.4, -0.2) is 52.2 Å². The summed E-state index contributed by atoms with van der Waals surface area (Å²) in [5.74, 6) is 0.840. The van der Waals surface area contributed by atoms with Crippen LogP contribution < -0.4 is 5.32 Å². The molecule has 2 fully saturated rings. The molecule has 1 aromatic carbocycles. The molecule has 2 aliphatic rings. The second-order valence-corrected chi connectivity index (χ2v) is 7.96. The Morgan fingerprint density at radius 3 is 2.96 bits per heavy atom. The standard InChI is InChI=1S/C18H24BrN5O2/c1-13-16(7-10-26-13)20-18(8-4-9-25-12-18)17-21-22-23-24(17)11-14-5-2-3-6-15(14)19/h2-3,5-6,13,16,20H,4,7-12H2,1H3/t13-,16-,18?/m0/s1. The number of rotatable bonds is 5. The van der Waals surface area contributed by atoms with E-state index in [1.807, 2.05) is 22.9 Å². The van der Waals surface area contributed by atoms with E-state index in [0.717, 1.165) is 48.3 Å². The number of tetrazole rings is 1. The Morgan fingerprint density at radius 1 is 1.35 bits per heavy atom. The Balaban J connectivity index is 1.64. The molecule has 0 aliphatic carbocycles. The van der Waals surface area contributed by atoms with Crippen molar-refractivity contribution in [2.75, 3.05) is 19.8 Å². The third-order valence-electron chi connectivity index (χ3n) is 5.32. The lowest BCUT2D eigenvalue weighted by Gasteiger charge is -2.39. The lowest BCUT2D eigenvalue weighted by molar-refractivity contribution is 0.000205. The first kappa shape index (κ1) is 18.0. The molecule has 8 heteroatoms. The summed E-state index contributed by atoms with van der Waals surface area (Å²) in [6.07, 6.45) is 3.11. The van der Waals surface area contributed by atoms with Crippen LogP contribution in [0, 0.1) is 0 Å². The molecule has 4 rings (SSSR count). The number of aromatic nitrogens is 4. The molecule has 2 saturated heterocycles. The van der Waals surface area contributed by atoms with Gasteiger partial charge in [-0.2, -0.15) is 0 Å². The predicted octanol–water partition coefficient (Wildman–Crippen LogP) is 2.26. The minimum atomic E-state index is -0.379. The molecule has 1 N–H and O–H groups in total. The van der Waals surface area contributed by atoms with E-state index in [1.165, 1.54) is 0 Å². The zero-order chi connectivity index (χ0) is 18.0. The maximum atomic E-state index is 5.86. The van der Waals surface area contributed by atoms with E-state index in [9.17, 15) is 0 Å². The van der Waals surface area contributed by atoms with Gasteiger partial charge in [-0.1, -0.05) is 34.1 Å². The Kier molecular flexibility index (Phi) is 5.35. The molecule has 0 saturated carbocycles. The van der Waals surface area contributed by atoms with Crippen LogP contribution in [0.3, 0.4) is 0 Å². The number of ether oxygens (including phenoxy) is 2. The fourth-order valence-electron chi connectivity index (χ4n) is 3.87. The van der Waals surface area contributed by atoms with Gasteiger partial charge in [0, 0.05) is 23.7 Å². The summed E-state index contributed by atoms with van der Waals surface area (Å²) >= 11 is 3.62. The smallest absolute Gasteiger partial charge is 0.174 e. The fourth-order valence-corrected chi connectivity index (χ4v) is 4.28. The molecule has 0 spiro atoms. The van der Waals surface area contributed by atoms with Gasteiger partial charge in [-0.25, -0.2) is 4.68 Å². The summed E-state index contributed by atoms with van der Waals surface area (Å²) in [5, 5.41) is 16.5. The minimum Gasteiger partial charge on any atom is -0.379 e. The largest absolute Gasteiger partial charge is 0.379 e. The number of hydrogen-bond acceptors (Lipinski definition) is 6. The number of nitrogens with one attached hydrogen (secondary N) is 1. The summed E-state index contributed by atoms with van der Waals surface area (Å²) in [6, 6.07) is 8.44. The van der Waals surface area contributed by atoms with Gasteiger partial charge in [-0.3, -0.25) is 5.32 Å². The molecule has 7 nitrogen and oxygen atoms in total. The van der Waals surface area contributed by atoms with Crippen molar-refractivity contribution in [2.45, 2.75) is 50.4 Å². The molecule has 3 heterocycles. The van der Waals surface area contributed by atoms with Gasteiger partial charge in [0.05, 0.1) is 19.3 Å². The van der Waals surface area contributed by atoms with Crippen molar-refractivity contribution in [1.82, 2.24) is 25.5 Å². The highest BCUT2D eigenvalue weighted by Gasteiger charge is 2.43. The average molecular weight is 422 g/mol. The van der Waals surface area contributed by atoms with Crippen molar-refractivity contribution in [2.24, 2.45) is 0 Å². The fraction of sp³-hybridized carbons (Fsp3) is 0.611. The molecule has 0 amide bonds. The highest BCUT2D eigenvalue weighted by Crippen LogP contribution is 2.32. The van der Waals surface area contributed by atoms with Gasteiger partial charge in [0.15, 0.2) is 5.82 Å². The first-order valence-electron chi connectivity index (χ1n) is 9.15. The molecular formula is C18H24BrN5O2. The van der Waals surface area contributed by atoms with Crippen LogP contribution in [0.2, 0.25) is 0 Å². The zero-order valence-electron chi connectivity index (χ0n) is 14.9. The van der Waals surface area contributed by atoms with Crippen LogP contribution in [0.1, 0.15) is 37.6 Å². The summed E-state index contributed by atoms with van der Waals surface area (Å²) in [4.78, 5) is 0. The van der Waals surface area contributed by atoms with Crippen LogP contribution in [0.4, 0.5) is 0 Å².